The van der Waals surface area contributed by atoms with Gasteiger partial charge in [0.25, 0.3) is 0 Å². The van der Waals surface area contributed by atoms with Gasteiger partial charge in [0.2, 0.25) is 0 Å². The van der Waals surface area contributed by atoms with Crippen molar-refractivity contribution in [2.75, 3.05) is 0 Å². The Hall–Kier alpha value is -1.79. The number of halogens is 3. The van der Waals surface area contributed by atoms with Crippen LogP contribution in [0, 0.1) is 24.5 Å². The normalized spacial score (nSPS) is 19.6. The Balaban J connectivity index is 1.57. The molecule has 27 heavy (non-hydrogen) atoms. The Morgan fingerprint density at radius 3 is 2.37 bits per heavy atom. The number of benzene rings is 2. The van der Waals surface area contributed by atoms with Crippen LogP contribution >= 0.6 is 11.6 Å². The van der Waals surface area contributed by atoms with E-state index in [2.05, 4.69) is 0 Å². The summed E-state index contributed by atoms with van der Waals surface area (Å²) in [4.78, 5) is 12.2. The fraction of sp³-hybridized carbons (Fsp3) is 0.350. The highest BCUT2D eigenvalue weighted by molar-refractivity contribution is 7.92. The number of hydrogen-bond donors (Lipinski definition) is 0. The lowest BCUT2D eigenvalue weighted by Crippen LogP contribution is -2.36. The maximum atomic E-state index is 13.5. The topological polar surface area (TPSA) is 51.2 Å². The first-order valence-electron chi connectivity index (χ1n) is 8.65. The van der Waals surface area contributed by atoms with Crippen molar-refractivity contribution < 1.29 is 22.0 Å². The molecule has 1 aliphatic carbocycles. The maximum Gasteiger partial charge on any atom is 0.181 e. The summed E-state index contributed by atoms with van der Waals surface area (Å²) >= 11 is 5.76. The molecule has 3 rings (SSSR count). The van der Waals surface area contributed by atoms with Gasteiger partial charge in [-0.15, -0.1) is 0 Å². The third-order valence-corrected chi connectivity index (χ3v) is 7.31. The molecule has 0 N–H and O–H groups in total. The number of sulfone groups is 1. The molecule has 1 aliphatic rings. The lowest BCUT2D eigenvalue weighted by Gasteiger charge is -2.34. The van der Waals surface area contributed by atoms with Gasteiger partial charge in [-0.1, -0.05) is 11.6 Å². The molecule has 1 fully saturated rings. The minimum atomic E-state index is -3.57. The molecule has 0 aliphatic heterocycles. The number of Topliss-reactive ketones (excluding diaryl/α,β-unsaturated/α-hetero) is 1. The molecular formula is C20H19ClF2O3S. The standard InChI is InChI=1S/C20H19ClF2O3S/c1-12-4-16(22)11-18(5-12)27(25,26)19-6-13(7-19)2-3-20(24)14-8-15(21)10-17(23)9-14/h4-5,8-11,13,19H,2-3,6-7H2,1H3. The van der Waals surface area contributed by atoms with Crippen LogP contribution in [0.4, 0.5) is 8.78 Å². The molecule has 0 unspecified atom stereocenters. The van der Waals surface area contributed by atoms with Crippen molar-refractivity contribution in [3.05, 3.63) is 64.2 Å². The molecule has 0 amide bonds. The predicted molar refractivity (Wildman–Crippen MR) is 99.8 cm³/mol. The van der Waals surface area contributed by atoms with Crippen LogP contribution in [0.25, 0.3) is 0 Å². The van der Waals surface area contributed by atoms with E-state index >= 15 is 0 Å². The summed E-state index contributed by atoms with van der Waals surface area (Å²) in [6, 6.07) is 7.51. The highest BCUT2D eigenvalue weighted by Gasteiger charge is 2.39. The largest absolute Gasteiger partial charge is 0.294 e. The maximum absolute atomic E-state index is 13.5. The summed E-state index contributed by atoms with van der Waals surface area (Å²) in [5.41, 5.74) is 0.780. The van der Waals surface area contributed by atoms with Crippen molar-refractivity contribution in [3.8, 4) is 0 Å². The highest BCUT2D eigenvalue weighted by atomic mass is 35.5. The summed E-state index contributed by atoms with van der Waals surface area (Å²) in [6.45, 7) is 1.65. The Labute approximate surface area is 162 Å². The van der Waals surface area contributed by atoms with Crippen molar-refractivity contribution in [3.63, 3.8) is 0 Å². The zero-order valence-electron chi connectivity index (χ0n) is 14.7. The molecule has 7 heteroatoms. The van der Waals surface area contributed by atoms with Gasteiger partial charge in [-0.05, 0) is 74.1 Å². The van der Waals surface area contributed by atoms with Crippen molar-refractivity contribution >= 4 is 27.2 Å². The average molecular weight is 413 g/mol. The third-order valence-electron chi connectivity index (χ3n) is 4.94. The Morgan fingerprint density at radius 1 is 1.07 bits per heavy atom. The quantitative estimate of drug-likeness (QED) is 0.617. The average Bonchev–Trinajstić information content (AvgIpc) is 2.51. The minimum absolute atomic E-state index is 0.00827. The number of rotatable bonds is 6. The molecule has 0 atom stereocenters. The second-order valence-electron chi connectivity index (χ2n) is 7.09. The second kappa shape index (κ2) is 7.68. The number of ketones is 1. The van der Waals surface area contributed by atoms with Gasteiger partial charge in [-0.3, -0.25) is 4.79 Å². The van der Waals surface area contributed by atoms with Crippen molar-refractivity contribution in [2.24, 2.45) is 5.92 Å². The highest BCUT2D eigenvalue weighted by Crippen LogP contribution is 2.39. The van der Waals surface area contributed by atoms with E-state index in [4.69, 9.17) is 11.6 Å². The van der Waals surface area contributed by atoms with Gasteiger partial charge >= 0.3 is 0 Å². The lowest BCUT2D eigenvalue weighted by atomic mass is 9.80. The molecule has 0 radical (unpaired) electrons. The summed E-state index contributed by atoms with van der Waals surface area (Å²) in [7, 11) is -3.57. The third kappa shape index (κ3) is 4.55. The van der Waals surface area contributed by atoms with E-state index in [1.165, 1.54) is 18.2 Å². The Morgan fingerprint density at radius 2 is 1.74 bits per heavy atom. The number of hydrogen-bond acceptors (Lipinski definition) is 3. The molecule has 144 valence electrons. The molecule has 0 aromatic heterocycles. The Kier molecular flexibility index (Phi) is 5.68. The van der Waals surface area contributed by atoms with Gasteiger partial charge in [0, 0.05) is 17.0 Å². The summed E-state index contributed by atoms with van der Waals surface area (Å²) in [6.07, 6.45) is 1.61. The molecular weight excluding hydrogens is 394 g/mol. The van der Waals surface area contributed by atoms with E-state index in [9.17, 15) is 22.0 Å². The van der Waals surface area contributed by atoms with E-state index in [-0.39, 0.29) is 33.6 Å². The van der Waals surface area contributed by atoms with Crippen LogP contribution in [0.15, 0.2) is 41.3 Å². The zero-order chi connectivity index (χ0) is 19.8. The van der Waals surface area contributed by atoms with Gasteiger partial charge in [0.1, 0.15) is 11.6 Å². The number of carbonyl (C=O) groups is 1. The first-order chi connectivity index (χ1) is 12.6. The molecule has 3 nitrogen and oxygen atoms in total. The zero-order valence-corrected chi connectivity index (χ0v) is 16.3. The van der Waals surface area contributed by atoms with E-state index in [0.717, 1.165) is 18.2 Å². The molecule has 1 saturated carbocycles. The fourth-order valence-corrected chi connectivity index (χ4v) is 5.70. The van der Waals surface area contributed by atoms with Gasteiger partial charge in [-0.2, -0.15) is 0 Å². The van der Waals surface area contributed by atoms with Crippen LogP contribution in [0.2, 0.25) is 5.02 Å². The molecule has 2 aromatic carbocycles. The molecule has 0 heterocycles. The minimum Gasteiger partial charge on any atom is -0.294 e. The molecule has 2 aromatic rings. The van der Waals surface area contributed by atoms with E-state index in [0.29, 0.717) is 24.8 Å². The van der Waals surface area contributed by atoms with Crippen molar-refractivity contribution in [1.29, 1.82) is 0 Å². The van der Waals surface area contributed by atoms with Crippen LogP contribution in [-0.4, -0.2) is 19.5 Å². The first-order valence-corrected chi connectivity index (χ1v) is 10.6. The van der Waals surface area contributed by atoms with Crippen LogP contribution in [0.3, 0.4) is 0 Å². The fourth-order valence-electron chi connectivity index (χ4n) is 3.42. The van der Waals surface area contributed by atoms with Gasteiger partial charge in [0.15, 0.2) is 15.6 Å². The molecule has 0 bridgehead atoms. The van der Waals surface area contributed by atoms with Gasteiger partial charge in [-0.25, -0.2) is 17.2 Å². The summed E-state index contributed by atoms with van der Waals surface area (Å²) in [5.74, 6) is -1.24. The lowest BCUT2D eigenvalue weighted by molar-refractivity contribution is 0.0965. The van der Waals surface area contributed by atoms with Gasteiger partial charge < -0.3 is 0 Å². The van der Waals surface area contributed by atoms with E-state index in [1.54, 1.807) is 6.92 Å². The van der Waals surface area contributed by atoms with E-state index < -0.39 is 26.7 Å². The van der Waals surface area contributed by atoms with Crippen molar-refractivity contribution in [1.82, 2.24) is 0 Å². The molecule has 0 saturated heterocycles. The first kappa shape index (κ1) is 20.0. The van der Waals surface area contributed by atoms with Crippen LogP contribution in [0.5, 0.6) is 0 Å². The Bertz CT molecular complexity index is 942. The van der Waals surface area contributed by atoms with Crippen LogP contribution in [0.1, 0.15) is 41.6 Å². The van der Waals surface area contributed by atoms with Gasteiger partial charge in [0.05, 0.1) is 10.1 Å². The molecule has 0 spiro atoms. The van der Waals surface area contributed by atoms with Crippen molar-refractivity contribution in [2.45, 2.75) is 42.8 Å². The SMILES string of the molecule is Cc1cc(F)cc(S(=O)(=O)C2CC(CCC(=O)c3cc(F)cc(Cl)c3)C2)c1. The second-order valence-corrected chi connectivity index (χ2v) is 9.75. The number of aryl methyl sites for hydroxylation is 1. The monoisotopic (exact) mass is 412 g/mol. The summed E-state index contributed by atoms with van der Waals surface area (Å²) < 4.78 is 52.1. The summed E-state index contributed by atoms with van der Waals surface area (Å²) in [5, 5.41) is -0.388. The number of carbonyl (C=O) groups excluding carboxylic acids is 1. The predicted octanol–water partition coefficient (Wildman–Crippen LogP) is 5.14. The van der Waals surface area contributed by atoms with Crippen LogP contribution < -0.4 is 0 Å². The van der Waals surface area contributed by atoms with Crippen LogP contribution in [-0.2, 0) is 9.84 Å². The van der Waals surface area contributed by atoms with E-state index in [1.807, 2.05) is 0 Å². The smallest absolute Gasteiger partial charge is 0.181 e.